The average molecular weight is 516 g/mol. The van der Waals surface area contributed by atoms with Crippen LogP contribution in [0.3, 0.4) is 0 Å². The normalized spacial score (nSPS) is 14.9. The van der Waals surface area contributed by atoms with Gasteiger partial charge in [-0.25, -0.2) is 0 Å². The largest absolute Gasteiger partial charge is 0.382 e. The third-order valence-electron chi connectivity index (χ3n) is 6.52. The zero-order chi connectivity index (χ0) is 25.3. The molecule has 0 saturated heterocycles. The molecule has 3 aromatic rings. The van der Waals surface area contributed by atoms with Crippen molar-refractivity contribution in [3.63, 3.8) is 0 Å². The first-order chi connectivity index (χ1) is 16.9. The van der Waals surface area contributed by atoms with Gasteiger partial charge in [-0.05, 0) is 43.2 Å². The van der Waals surface area contributed by atoms with E-state index in [0.29, 0.717) is 24.2 Å². The number of alkyl halides is 2. The van der Waals surface area contributed by atoms with E-state index in [2.05, 4.69) is 18.8 Å². The van der Waals surface area contributed by atoms with Gasteiger partial charge in [-0.1, -0.05) is 76.6 Å². The van der Waals surface area contributed by atoms with Gasteiger partial charge in [-0.3, -0.25) is 14.3 Å². The maximum Gasteiger partial charge on any atom is 0.261 e. The molecule has 0 fully saturated rings. The van der Waals surface area contributed by atoms with E-state index < -0.39 is 16.4 Å². The second kappa shape index (κ2) is 13.2. The Bertz CT molecular complexity index is 1090. The molecule has 6 heteroatoms. The first-order valence-corrected chi connectivity index (χ1v) is 13.5. The minimum Gasteiger partial charge on any atom is -0.382 e. The number of pyridine rings is 2. The van der Waals surface area contributed by atoms with Crippen molar-refractivity contribution in [2.24, 2.45) is 0 Å². The maximum absolute atomic E-state index is 13.9. The van der Waals surface area contributed by atoms with Crippen molar-refractivity contribution in [2.75, 3.05) is 0 Å². The van der Waals surface area contributed by atoms with Crippen molar-refractivity contribution in [3.8, 4) is 16.9 Å². The number of benzene rings is 1. The molecule has 0 aliphatic heterocycles. The van der Waals surface area contributed by atoms with Gasteiger partial charge in [0.15, 0.2) is 0 Å². The van der Waals surface area contributed by atoms with Gasteiger partial charge in [0.05, 0.1) is 22.0 Å². The van der Waals surface area contributed by atoms with Crippen LogP contribution >= 0.6 is 23.2 Å². The summed E-state index contributed by atoms with van der Waals surface area (Å²) in [6.07, 6.45) is 10.4. The summed E-state index contributed by atoms with van der Waals surface area (Å²) in [6.45, 7) is 4.25. The Morgan fingerprint density at radius 2 is 1.51 bits per heavy atom. The smallest absolute Gasteiger partial charge is 0.261 e. The highest BCUT2D eigenvalue weighted by atomic mass is 35.5. The Balaban J connectivity index is 2.21. The molecule has 35 heavy (non-hydrogen) atoms. The van der Waals surface area contributed by atoms with Crippen molar-refractivity contribution in [3.05, 3.63) is 82.9 Å². The van der Waals surface area contributed by atoms with E-state index in [1.165, 1.54) is 0 Å². The van der Waals surface area contributed by atoms with Crippen molar-refractivity contribution in [1.29, 1.82) is 0 Å². The minimum atomic E-state index is -1.69. The van der Waals surface area contributed by atoms with Gasteiger partial charge in [0.25, 0.3) is 5.56 Å². The van der Waals surface area contributed by atoms with Crippen LogP contribution in [0.1, 0.15) is 70.8 Å². The first kappa shape index (κ1) is 27.4. The van der Waals surface area contributed by atoms with Gasteiger partial charge in [0.2, 0.25) is 0 Å². The molecule has 0 radical (unpaired) electrons. The molecule has 1 aromatic carbocycles. The van der Waals surface area contributed by atoms with Crippen molar-refractivity contribution in [2.45, 2.75) is 81.6 Å². The molecule has 2 heterocycles. The number of halogens is 2. The Hall–Kier alpha value is -2.14. The van der Waals surface area contributed by atoms with E-state index in [0.717, 1.165) is 44.1 Å². The van der Waals surface area contributed by atoms with Gasteiger partial charge in [0, 0.05) is 23.6 Å². The van der Waals surface area contributed by atoms with Crippen LogP contribution in [0.4, 0.5) is 0 Å². The molecule has 3 rings (SSSR count). The van der Waals surface area contributed by atoms with Crippen LogP contribution in [0, 0.1) is 0 Å². The Morgan fingerprint density at radius 1 is 0.914 bits per heavy atom. The molecule has 188 valence electrons. The molecule has 2 aromatic heterocycles. The summed E-state index contributed by atoms with van der Waals surface area (Å²) in [5.41, 5.74) is 0.335. The number of hydrogen-bond donors (Lipinski definition) is 1. The predicted octanol–water partition coefficient (Wildman–Crippen LogP) is 7.46. The Kier molecular flexibility index (Phi) is 10.4. The highest BCUT2D eigenvalue weighted by Crippen LogP contribution is 2.40. The number of nitrogens with zero attached hydrogens (tertiary/aromatic N) is 2. The SMILES string of the molecule is CCCCCC(Cl)C(O)(c1cc(-c2ccccn2)cn(-c2ccccc2)c1=O)C(Cl)CCCCC. The molecular formula is C29H36Cl2N2O2. The number of para-hydroxylation sites is 1. The van der Waals surface area contributed by atoms with Crippen molar-refractivity contribution in [1.82, 2.24) is 9.55 Å². The molecule has 0 aliphatic carbocycles. The lowest BCUT2D eigenvalue weighted by Crippen LogP contribution is -2.49. The number of aromatic nitrogens is 2. The van der Waals surface area contributed by atoms with Crippen LogP contribution in [0.5, 0.6) is 0 Å². The second-order valence-corrected chi connectivity index (χ2v) is 10.2. The molecule has 0 aliphatic rings. The lowest BCUT2D eigenvalue weighted by atomic mass is 9.82. The Labute approximate surface area is 219 Å². The first-order valence-electron chi connectivity index (χ1n) is 12.7. The lowest BCUT2D eigenvalue weighted by Gasteiger charge is -2.37. The fourth-order valence-corrected chi connectivity index (χ4v) is 5.36. The summed E-state index contributed by atoms with van der Waals surface area (Å²) in [4.78, 5) is 18.4. The molecule has 2 atom stereocenters. The third kappa shape index (κ3) is 6.55. The third-order valence-corrected chi connectivity index (χ3v) is 7.62. The van der Waals surface area contributed by atoms with Crippen LogP contribution in [-0.4, -0.2) is 25.4 Å². The monoisotopic (exact) mass is 514 g/mol. The summed E-state index contributed by atoms with van der Waals surface area (Å²) >= 11 is 13.9. The van der Waals surface area contributed by atoms with Crippen molar-refractivity contribution >= 4 is 23.2 Å². The van der Waals surface area contributed by atoms with Gasteiger partial charge in [-0.2, -0.15) is 0 Å². The Morgan fingerprint density at radius 3 is 2.06 bits per heavy atom. The molecule has 4 nitrogen and oxygen atoms in total. The van der Waals surface area contributed by atoms with E-state index in [9.17, 15) is 9.90 Å². The average Bonchev–Trinajstić information content (AvgIpc) is 2.89. The molecule has 0 bridgehead atoms. The number of rotatable bonds is 13. The van der Waals surface area contributed by atoms with Crippen molar-refractivity contribution < 1.29 is 5.11 Å². The fourth-order valence-electron chi connectivity index (χ4n) is 4.44. The second-order valence-electron chi connectivity index (χ2n) is 9.12. The fraction of sp³-hybridized carbons (Fsp3) is 0.448. The highest BCUT2D eigenvalue weighted by Gasteiger charge is 2.46. The number of aliphatic hydroxyl groups is 1. The van der Waals surface area contributed by atoms with Gasteiger partial charge < -0.3 is 5.11 Å². The van der Waals surface area contributed by atoms with Crippen LogP contribution in [-0.2, 0) is 5.60 Å². The summed E-state index contributed by atoms with van der Waals surface area (Å²) in [5, 5.41) is 10.8. The van der Waals surface area contributed by atoms with Crippen LogP contribution in [0.2, 0.25) is 0 Å². The standard InChI is InChI=1S/C29H36Cl2N2O2/c1-3-5-8-17-26(30)29(35,27(31)18-9-6-4-2)24-20-22(25-16-12-13-19-32-25)21-33(28(24)34)23-14-10-7-11-15-23/h7,10-16,19-21,26-27,35H,3-6,8-9,17-18H2,1-2H3. The molecule has 0 saturated carbocycles. The van der Waals surface area contributed by atoms with Gasteiger partial charge in [0.1, 0.15) is 5.60 Å². The highest BCUT2D eigenvalue weighted by molar-refractivity contribution is 6.25. The lowest BCUT2D eigenvalue weighted by molar-refractivity contribution is 0.0201. The molecule has 2 unspecified atom stereocenters. The van der Waals surface area contributed by atoms with Crippen LogP contribution < -0.4 is 5.56 Å². The minimum absolute atomic E-state index is 0.220. The van der Waals surface area contributed by atoms with Gasteiger partial charge >= 0.3 is 0 Å². The topological polar surface area (TPSA) is 55.1 Å². The van der Waals surface area contributed by atoms with E-state index in [-0.39, 0.29) is 11.1 Å². The van der Waals surface area contributed by atoms with E-state index in [1.54, 1.807) is 23.0 Å². The predicted molar refractivity (Wildman–Crippen MR) is 147 cm³/mol. The molecule has 1 N–H and O–H groups in total. The number of unbranched alkanes of at least 4 members (excludes halogenated alkanes) is 4. The summed E-state index contributed by atoms with van der Waals surface area (Å²) in [7, 11) is 0. The van der Waals surface area contributed by atoms with Crippen LogP contribution in [0.15, 0.2) is 71.8 Å². The van der Waals surface area contributed by atoms with E-state index >= 15 is 0 Å². The summed E-state index contributed by atoms with van der Waals surface area (Å²) < 4.78 is 1.57. The quantitative estimate of drug-likeness (QED) is 0.190. The summed E-state index contributed by atoms with van der Waals surface area (Å²) in [6, 6.07) is 16.8. The van der Waals surface area contributed by atoms with E-state index in [4.69, 9.17) is 23.2 Å². The zero-order valence-corrected chi connectivity index (χ0v) is 22.2. The molecule has 0 spiro atoms. The van der Waals surface area contributed by atoms with Crippen LogP contribution in [0.25, 0.3) is 16.9 Å². The maximum atomic E-state index is 13.9. The zero-order valence-electron chi connectivity index (χ0n) is 20.7. The van der Waals surface area contributed by atoms with Gasteiger partial charge in [-0.15, -0.1) is 23.2 Å². The summed E-state index contributed by atoms with van der Waals surface area (Å²) in [5.74, 6) is 0. The van der Waals surface area contributed by atoms with E-state index in [1.807, 2.05) is 48.5 Å². The number of hydrogen-bond acceptors (Lipinski definition) is 3. The molecule has 0 amide bonds. The molecular weight excluding hydrogens is 479 g/mol.